The fraction of sp³-hybridized carbons (Fsp3) is 0. The average molecular weight is 593 g/mol. The van der Waals surface area contributed by atoms with E-state index < -0.39 is 138 Å². The van der Waals surface area contributed by atoms with Crippen LogP contribution >= 0.6 is 0 Å². The lowest BCUT2D eigenvalue weighted by atomic mass is 9.82. The van der Waals surface area contributed by atoms with E-state index in [9.17, 15) is 8.22 Å². The highest BCUT2D eigenvalue weighted by Gasteiger charge is 2.23. The molecule has 0 saturated carbocycles. The van der Waals surface area contributed by atoms with Gasteiger partial charge in [0.2, 0.25) is 0 Å². The normalized spacial score (nSPS) is 17.8. The Kier molecular flexibility index (Phi) is 2.90. The maximum Gasteiger partial charge on any atom is 0.136 e. The van der Waals surface area contributed by atoms with Crippen LogP contribution in [0.25, 0.3) is 88.0 Å². The van der Waals surface area contributed by atoms with Crippen LogP contribution in [-0.4, -0.2) is 0 Å². The first kappa shape index (κ1) is 12.6. The van der Waals surface area contributed by atoms with Crippen LogP contribution in [0.15, 0.2) is 174 Å². The molecule has 1 heteroatoms. The molecule has 8 aromatic carbocycles. The van der Waals surface area contributed by atoms with Gasteiger partial charge in [-0.3, -0.25) is 0 Å². The number of furan rings is 1. The van der Waals surface area contributed by atoms with Gasteiger partial charge in [0.1, 0.15) is 11.2 Å². The first-order valence-electron chi connectivity index (χ1n) is 23.8. The Bertz CT molecular complexity index is 3520. The van der Waals surface area contributed by atoms with Gasteiger partial charge in [-0.05, 0) is 72.6 Å². The summed E-state index contributed by atoms with van der Waals surface area (Å²) in [6.45, 7) is 0. The minimum Gasteiger partial charge on any atom is -0.456 e. The first-order chi connectivity index (χ1) is 30.7. The van der Waals surface area contributed by atoms with Gasteiger partial charge in [0, 0.05) is 16.3 Å². The zero-order valence-corrected chi connectivity index (χ0v) is 23.0. The standard InChI is InChI=1S/C44H28O/c1-3-13-29(14-4-1)30-23-25-32(26-24-30)41-34-17-7-9-19-36(34)42(37-20-10-8-18-35(37)41)44-33(31-15-5-2-6-16-31)27-28-40-43(44)38-21-11-12-22-39(38)45-40/h1-28H/i1D,2D,3D,4D,5D,6D,11D,12D,13D,14D,15D,16D,21D,22D,23D,24D,25D,26D,27D,28D. The summed E-state index contributed by atoms with van der Waals surface area (Å²) in [5, 5.41) is 0.682. The molecule has 210 valence electrons. The van der Waals surface area contributed by atoms with E-state index in [4.69, 9.17) is 23.6 Å². The number of hydrogen-bond acceptors (Lipinski definition) is 1. The third-order valence-electron chi connectivity index (χ3n) is 7.69. The molecule has 1 heterocycles. The molecule has 1 aromatic heterocycles. The van der Waals surface area contributed by atoms with Crippen molar-refractivity contribution in [2.45, 2.75) is 0 Å². The van der Waals surface area contributed by atoms with Crippen molar-refractivity contribution >= 4 is 43.5 Å². The Labute approximate surface area is 289 Å². The van der Waals surface area contributed by atoms with Gasteiger partial charge >= 0.3 is 0 Å². The molecule has 0 aliphatic carbocycles. The number of rotatable bonds is 4. The van der Waals surface area contributed by atoms with Crippen LogP contribution < -0.4 is 0 Å². The van der Waals surface area contributed by atoms with Crippen molar-refractivity contribution in [1.29, 1.82) is 0 Å². The topological polar surface area (TPSA) is 13.1 Å². The zero-order chi connectivity index (χ0) is 47.1. The lowest BCUT2D eigenvalue weighted by molar-refractivity contribution is 0.669. The van der Waals surface area contributed by atoms with Crippen LogP contribution in [0.2, 0.25) is 0 Å². The molecule has 0 N–H and O–H groups in total. The van der Waals surface area contributed by atoms with Gasteiger partial charge in [-0.15, -0.1) is 0 Å². The number of hydrogen-bond donors (Lipinski definition) is 0. The fourth-order valence-corrected chi connectivity index (χ4v) is 5.87. The van der Waals surface area contributed by atoms with Gasteiger partial charge in [-0.2, -0.15) is 0 Å². The Balaban J connectivity index is 1.53. The van der Waals surface area contributed by atoms with Crippen LogP contribution in [0.3, 0.4) is 0 Å². The van der Waals surface area contributed by atoms with Crippen molar-refractivity contribution < 1.29 is 31.8 Å². The molecule has 0 atom stereocenters. The van der Waals surface area contributed by atoms with Crippen LogP contribution in [0.4, 0.5) is 0 Å². The largest absolute Gasteiger partial charge is 0.456 e. The molecule has 9 aromatic rings. The first-order valence-corrected chi connectivity index (χ1v) is 13.8. The zero-order valence-electron chi connectivity index (χ0n) is 43.0. The van der Waals surface area contributed by atoms with Crippen molar-refractivity contribution in [3.8, 4) is 44.5 Å². The summed E-state index contributed by atoms with van der Waals surface area (Å²) in [4.78, 5) is 0. The number of para-hydroxylation sites is 1. The predicted octanol–water partition coefficient (Wildman–Crippen LogP) is 12.6. The van der Waals surface area contributed by atoms with E-state index in [0.29, 0.717) is 0 Å². The number of benzene rings is 8. The molecule has 0 aliphatic heterocycles. The Hall–Kier alpha value is -5.92. The predicted molar refractivity (Wildman–Crippen MR) is 190 cm³/mol. The summed E-state index contributed by atoms with van der Waals surface area (Å²) in [6, 6.07) is -0.832. The molecule has 0 fully saturated rings. The highest BCUT2D eigenvalue weighted by Crippen LogP contribution is 2.50. The lowest BCUT2D eigenvalue weighted by Crippen LogP contribution is -1.93. The van der Waals surface area contributed by atoms with Crippen molar-refractivity contribution in [2.24, 2.45) is 0 Å². The van der Waals surface area contributed by atoms with E-state index in [1.807, 2.05) is 0 Å². The summed E-state index contributed by atoms with van der Waals surface area (Å²) in [6.07, 6.45) is 0. The van der Waals surface area contributed by atoms with Crippen LogP contribution in [0.5, 0.6) is 0 Å². The van der Waals surface area contributed by atoms with E-state index in [1.165, 1.54) is 0 Å². The molecule has 0 amide bonds. The number of fused-ring (bicyclic) bond motifs is 5. The van der Waals surface area contributed by atoms with Crippen LogP contribution in [-0.2, 0) is 0 Å². The summed E-state index contributed by atoms with van der Waals surface area (Å²) in [7, 11) is 0. The third kappa shape index (κ3) is 4.09. The monoisotopic (exact) mass is 592 g/mol. The van der Waals surface area contributed by atoms with Gasteiger partial charge in [0.25, 0.3) is 0 Å². The molecule has 45 heavy (non-hydrogen) atoms. The molecule has 0 radical (unpaired) electrons. The van der Waals surface area contributed by atoms with Crippen LogP contribution in [0.1, 0.15) is 27.4 Å². The maximum absolute atomic E-state index is 9.51. The summed E-state index contributed by atoms with van der Waals surface area (Å²) >= 11 is 0. The van der Waals surface area contributed by atoms with E-state index in [-0.39, 0.29) is 71.3 Å². The highest BCUT2D eigenvalue weighted by atomic mass is 16.3. The van der Waals surface area contributed by atoms with Crippen molar-refractivity contribution in [3.05, 3.63) is 169 Å². The van der Waals surface area contributed by atoms with Gasteiger partial charge in [0.05, 0.1) is 27.4 Å². The molecule has 0 saturated heterocycles. The second-order valence-electron chi connectivity index (χ2n) is 10.1. The average Bonchev–Trinajstić information content (AvgIpc) is 3.70. The molecule has 0 aliphatic rings. The fourth-order valence-electron chi connectivity index (χ4n) is 5.87. The summed E-state index contributed by atoms with van der Waals surface area (Å²) < 4.78 is 182. The second kappa shape index (κ2) is 10.4. The quantitative estimate of drug-likeness (QED) is 0.185. The molecule has 0 spiro atoms. The van der Waals surface area contributed by atoms with Crippen molar-refractivity contribution in [1.82, 2.24) is 0 Å². The molecule has 0 bridgehead atoms. The van der Waals surface area contributed by atoms with Gasteiger partial charge in [-0.25, -0.2) is 0 Å². The van der Waals surface area contributed by atoms with E-state index in [2.05, 4.69) is 0 Å². The molecular formula is C44H28O. The lowest BCUT2D eigenvalue weighted by Gasteiger charge is -2.20. The smallest absolute Gasteiger partial charge is 0.136 e. The Morgan fingerprint density at radius 1 is 0.356 bits per heavy atom. The maximum atomic E-state index is 9.51. The Morgan fingerprint density at radius 3 is 1.51 bits per heavy atom. The van der Waals surface area contributed by atoms with Gasteiger partial charge in [-0.1, -0.05) is 157 Å². The van der Waals surface area contributed by atoms with E-state index in [0.717, 1.165) is 0 Å². The molecule has 0 unspecified atom stereocenters. The SMILES string of the molecule is [2H]c1c([2H])c([2H])c(-c2c([2H])c([2H])c(-c3c4ccccc4c(-c4c(-c5c([2H])c([2H])c([2H])c([2H])c5[2H])c([2H])c([2H])c5oc6c([2H])c([2H])c([2H])c([2H])c6c45)c4ccccc34)c([2H])c2[2H])c([2H])c1[2H]. The van der Waals surface area contributed by atoms with Gasteiger partial charge in [0.15, 0.2) is 0 Å². The van der Waals surface area contributed by atoms with Gasteiger partial charge < -0.3 is 4.42 Å². The summed E-state index contributed by atoms with van der Waals surface area (Å²) in [5.74, 6) is 0. The molecular weight excluding hydrogens is 544 g/mol. The van der Waals surface area contributed by atoms with E-state index >= 15 is 0 Å². The molecule has 9 rings (SSSR count). The second-order valence-corrected chi connectivity index (χ2v) is 10.1. The van der Waals surface area contributed by atoms with Crippen molar-refractivity contribution in [3.63, 3.8) is 0 Å². The summed E-state index contributed by atoms with van der Waals surface area (Å²) in [5.41, 5.74) is -2.64. The van der Waals surface area contributed by atoms with Crippen molar-refractivity contribution in [2.75, 3.05) is 0 Å². The minimum atomic E-state index is -0.752. The third-order valence-corrected chi connectivity index (χ3v) is 7.69. The van der Waals surface area contributed by atoms with E-state index in [1.54, 1.807) is 48.5 Å². The molecule has 1 nitrogen and oxygen atoms in total. The Morgan fingerprint density at radius 2 is 0.867 bits per heavy atom. The van der Waals surface area contributed by atoms with Crippen LogP contribution in [0, 0.1) is 0 Å². The minimum absolute atomic E-state index is 0.0987. The highest BCUT2D eigenvalue weighted by molar-refractivity contribution is 6.27.